The van der Waals surface area contributed by atoms with Gasteiger partial charge in [0, 0.05) is 13.3 Å². The standard InChI is InChI=1S/C12H19O2Si/c1-13-12(9-14-10-15(2)3)11-7-5-4-6-8-11/h4-8,12H,9-10H2,1-3H3/t12-/m1/s1. The smallest absolute Gasteiger partial charge is 0.105 e. The zero-order valence-corrected chi connectivity index (χ0v) is 10.7. The third kappa shape index (κ3) is 4.60. The summed E-state index contributed by atoms with van der Waals surface area (Å²) in [6.07, 6.45) is 0.949. The van der Waals surface area contributed by atoms with Gasteiger partial charge in [-0.3, -0.25) is 0 Å². The predicted molar refractivity (Wildman–Crippen MR) is 64.5 cm³/mol. The van der Waals surface area contributed by atoms with Crippen molar-refractivity contribution < 1.29 is 9.47 Å². The van der Waals surface area contributed by atoms with E-state index in [-0.39, 0.29) is 14.9 Å². The van der Waals surface area contributed by atoms with E-state index in [0.29, 0.717) is 6.61 Å². The molecule has 0 amide bonds. The van der Waals surface area contributed by atoms with Crippen molar-refractivity contribution >= 4 is 8.80 Å². The van der Waals surface area contributed by atoms with E-state index in [9.17, 15) is 0 Å². The quantitative estimate of drug-likeness (QED) is 0.690. The van der Waals surface area contributed by atoms with Crippen LogP contribution < -0.4 is 0 Å². The van der Waals surface area contributed by atoms with Crippen LogP contribution in [0.3, 0.4) is 0 Å². The van der Waals surface area contributed by atoms with Gasteiger partial charge in [0.1, 0.15) is 6.10 Å². The van der Waals surface area contributed by atoms with E-state index < -0.39 is 0 Å². The number of methoxy groups -OCH3 is 1. The molecule has 0 heterocycles. The molecule has 0 unspecified atom stereocenters. The lowest BCUT2D eigenvalue weighted by molar-refractivity contribution is 0.0205. The van der Waals surface area contributed by atoms with Gasteiger partial charge < -0.3 is 9.47 Å². The van der Waals surface area contributed by atoms with Crippen molar-refractivity contribution in [2.45, 2.75) is 19.2 Å². The van der Waals surface area contributed by atoms with Crippen LogP contribution in [0.5, 0.6) is 0 Å². The minimum absolute atomic E-state index is 0.0625. The summed E-state index contributed by atoms with van der Waals surface area (Å²) >= 11 is 0. The van der Waals surface area contributed by atoms with Gasteiger partial charge in [-0.1, -0.05) is 43.4 Å². The van der Waals surface area contributed by atoms with E-state index in [1.165, 1.54) is 5.56 Å². The van der Waals surface area contributed by atoms with Gasteiger partial charge in [-0.15, -0.1) is 0 Å². The van der Waals surface area contributed by atoms with Gasteiger partial charge in [0.05, 0.1) is 15.4 Å². The molecule has 0 bridgehead atoms. The van der Waals surface area contributed by atoms with Crippen molar-refractivity contribution in [1.82, 2.24) is 0 Å². The maximum atomic E-state index is 5.62. The second kappa shape index (κ2) is 6.77. The van der Waals surface area contributed by atoms with Crippen LogP contribution in [0.25, 0.3) is 0 Å². The molecule has 0 fully saturated rings. The molecule has 1 radical (unpaired) electrons. The Bertz CT molecular complexity index is 262. The highest BCUT2D eigenvalue weighted by Gasteiger charge is 2.10. The van der Waals surface area contributed by atoms with Crippen molar-refractivity contribution in [3.05, 3.63) is 35.9 Å². The fourth-order valence-electron chi connectivity index (χ4n) is 1.34. The van der Waals surface area contributed by atoms with Gasteiger partial charge in [-0.2, -0.15) is 0 Å². The Labute approximate surface area is 93.8 Å². The van der Waals surface area contributed by atoms with E-state index in [1.807, 2.05) is 18.2 Å². The van der Waals surface area contributed by atoms with Crippen molar-refractivity contribution in [2.75, 3.05) is 19.9 Å². The van der Waals surface area contributed by atoms with Crippen molar-refractivity contribution in [2.24, 2.45) is 0 Å². The average molecular weight is 223 g/mol. The summed E-state index contributed by atoms with van der Waals surface area (Å²) in [5.41, 5.74) is 1.18. The maximum Gasteiger partial charge on any atom is 0.105 e. The molecule has 0 N–H and O–H groups in total. The van der Waals surface area contributed by atoms with Gasteiger partial charge >= 0.3 is 0 Å². The first kappa shape index (κ1) is 12.4. The Balaban J connectivity index is 2.43. The lowest BCUT2D eigenvalue weighted by Gasteiger charge is -2.16. The number of hydrogen-bond donors (Lipinski definition) is 0. The third-order valence-electron chi connectivity index (χ3n) is 2.12. The molecule has 1 aromatic carbocycles. The second-order valence-electron chi connectivity index (χ2n) is 3.86. The van der Waals surface area contributed by atoms with Crippen molar-refractivity contribution in [1.29, 1.82) is 0 Å². The Hall–Kier alpha value is -0.643. The molecule has 0 aromatic heterocycles. The maximum absolute atomic E-state index is 5.62. The number of rotatable bonds is 6. The lowest BCUT2D eigenvalue weighted by Crippen LogP contribution is -2.17. The third-order valence-corrected chi connectivity index (χ3v) is 2.90. The molecule has 0 aliphatic rings. The number of ether oxygens (including phenoxy) is 2. The fourth-order valence-corrected chi connectivity index (χ4v) is 1.86. The van der Waals surface area contributed by atoms with E-state index in [1.54, 1.807) is 7.11 Å². The average Bonchev–Trinajstić information content (AvgIpc) is 2.25. The normalized spacial score (nSPS) is 13.1. The first-order chi connectivity index (χ1) is 7.24. The predicted octanol–water partition coefficient (Wildman–Crippen LogP) is 2.68. The van der Waals surface area contributed by atoms with E-state index >= 15 is 0 Å². The van der Waals surface area contributed by atoms with Gasteiger partial charge in [0.2, 0.25) is 0 Å². The van der Waals surface area contributed by atoms with Crippen LogP contribution in [-0.2, 0) is 9.47 Å². The molecule has 0 saturated heterocycles. The Morgan fingerprint density at radius 3 is 2.40 bits per heavy atom. The van der Waals surface area contributed by atoms with E-state index in [4.69, 9.17) is 9.47 Å². The molecule has 2 nitrogen and oxygen atoms in total. The summed E-state index contributed by atoms with van der Waals surface area (Å²) in [7, 11) is 1.43. The van der Waals surface area contributed by atoms with E-state index in [0.717, 1.165) is 6.23 Å². The van der Waals surface area contributed by atoms with Crippen LogP contribution in [0.4, 0.5) is 0 Å². The first-order valence-electron chi connectivity index (χ1n) is 5.18. The molecular formula is C12H19O2Si. The van der Waals surface area contributed by atoms with Crippen molar-refractivity contribution in [3.63, 3.8) is 0 Å². The molecule has 15 heavy (non-hydrogen) atoms. The van der Waals surface area contributed by atoms with Crippen LogP contribution in [0.1, 0.15) is 11.7 Å². The van der Waals surface area contributed by atoms with Gasteiger partial charge in [-0.25, -0.2) is 0 Å². The number of benzene rings is 1. The summed E-state index contributed by atoms with van der Waals surface area (Å²) in [5.74, 6) is 0. The summed E-state index contributed by atoms with van der Waals surface area (Å²) in [4.78, 5) is 0. The molecule has 1 atom stereocenters. The molecule has 0 aliphatic heterocycles. The van der Waals surface area contributed by atoms with Crippen molar-refractivity contribution in [3.8, 4) is 0 Å². The highest BCUT2D eigenvalue weighted by molar-refractivity contribution is 6.55. The topological polar surface area (TPSA) is 18.5 Å². The zero-order chi connectivity index (χ0) is 11.1. The summed E-state index contributed by atoms with van der Waals surface area (Å²) in [6, 6.07) is 10.2. The van der Waals surface area contributed by atoms with Gasteiger partial charge in [0.15, 0.2) is 0 Å². The van der Waals surface area contributed by atoms with Crippen LogP contribution >= 0.6 is 0 Å². The molecule has 0 aliphatic carbocycles. The molecule has 1 aromatic rings. The second-order valence-corrected chi connectivity index (χ2v) is 6.56. The fraction of sp³-hybridized carbons (Fsp3) is 0.500. The summed E-state index contributed by atoms with van der Waals surface area (Å²) < 4.78 is 11.0. The van der Waals surface area contributed by atoms with Crippen LogP contribution in [-0.4, -0.2) is 28.7 Å². The summed E-state index contributed by atoms with van der Waals surface area (Å²) in [6.45, 7) is 5.14. The van der Waals surface area contributed by atoms with Crippen LogP contribution in [0, 0.1) is 0 Å². The monoisotopic (exact) mass is 223 g/mol. The molecule has 83 valence electrons. The van der Waals surface area contributed by atoms with E-state index in [2.05, 4.69) is 25.2 Å². The molecule has 1 rings (SSSR count). The van der Waals surface area contributed by atoms with Gasteiger partial charge in [-0.05, 0) is 5.56 Å². The van der Waals surface area contributed by atoms with Crippen LogP contribution in [0.2, 0.25) is 13.1 Å². The highest BCUT2D eigenvalue weighted by atomic mass is 28.3. The minimum Gasteiger partial charge on any atom is -0.382 e. The molecule has 3 heteroatoms. The minimum atomic E-state index is -0.297. The summed E-state index contributed by atoms with van der Waals surface area (Å²) in [5, 5.41) is 0. The lowest BCUT2D eigenvalue weighted by atomic mass is 10.1. The highest BCUT2D eigenvalue weighted by Crippen LogP contribution is 2.16. The SMILES string of the molecule is CO[C@H](COC[Si](C)C)c1ccccc1. The largest absolute Gasteiger partial charge is 0.382 e. The molecule has 0 spiro atoms. The number of hydrogen-bond acceptors (Lipinski definition) is 2. The van der Waals surface area contributed by atoms with Gasteiger partial charge in [0.25, 0.3) is 0 Å². The molecule has 0 saturated carbocycles. The first-order valence-corrected chi connectivity index (χ1v) is 7.89. The Morgan fingerprint density at radius 2 is 1.87 bits per heavy atom. The Morgan fingerprint density at radius 1 is 1.20 bits per heavy atom. The zero-order valence-electron chi connectivity index (χ0n) is 9.69. The Kier molecular flexibility index (Phi) is 5.61. The van der Waals surface area contributed by atoms with Crippen LogP contribution in [0.15, 0.2) is 30.3 Å². The molecular weight excluding hydrogens is 204 g/mol.